The van der Waals surface area contributed by atoms with Gasteiger partial charge in [0.25, 0.3) is 5.91 Å². The quantitative estimate of drug-likeness (QED) is 0.667. The van der Waals surface area contributed by atoms with E-state index in [0.717, 1.165) is 13.1 Å². The Hall–Kier alpha value is -2.86. The molecule has 1 aliphatic rings. The van der Waals surface area contributed by atoms with Gasteiger partial charge in [-0.3, -0.25) is 14.1 Å². The van der Waals surface area contributed by atoms with Crippen molar-refractivity contribution in [3.63, 3.8) is 0 Å². The molecule has 1 aromatic carbocycles. The predicted molar refractivity (Wildman–Crippen MR) is 113 cm³/mol. The minimum absolute atomic E-state index is 0.108. The summed E-state index contributed by atoms with van der Waals surface area (Å²) in [6, 6.07) is 14.4. The van der Waals surface area contributed by atoms with Crippen molar-refractivity contribution in [1.29, 1.82) is 0 Å². The minimum atomic E-state index is -0.108. The highest BCUT2D eigenvalue weighted by Crippen LogP contribution is 2.25. The molecule has 6 heteroatoms. The van der Waals surface area contributed by atoms with E-state index in [0.29, 0.717) is 35.9 Å². The van der Waals surface area contributed by atoms with Crippen molar-refractivity contribution in [3.05, 3.63) is 65.6 Å². The van der Waals surface area contributed by atoms with E-state index in [-0.39, 0.29) is 11.9 Å². The summed E-state index contributed by atoms with van der Waals surface area (Å²) in [4.78, 5) is 20.2. The van der Waals surface area contributed by atoms with E-state index in [1.165, 1.54) is 18.4 Å². The molecule has 4 rings (SSSR count). The SMILES string of the molecule is CCOc1cccn2c(C(=O)NCC(c3ccccc3)N3CCCC3)c(C)nc12. The van der Waals surface area contributed by atoms with Gasteiger partial charge < -0.3 is 10.1 Å². The first-order valence-corrected chi connectivity index (χ1v) is 10.4. The lowest BCUT2D eigenvalue weighted by Gasteiger charge is -2.28. The molecule has 6 nitrogen and oxygen atoms in total. The molecule has 0 saturated carbocycles. The molecule has 2 aromatic heterocycles. The zero-order chi connectivity index (χ0) is 20.2. The molecule has 1 aliphatic heterocycles. The molecule has 1 atom stereocenters. The third-order valence-corrected chi connectivity index (χ3v) is 5.53. The topological polar surface area (TPSA) is 58.9 Å². The summed E-state index contributed by atoms with van der Waals surface area (Å²) >= 11 is 0. The predicted octanol–water partition coefficient (Wildman–Crippen LogP) is 3.61. The lowest BCUT2D eigenvalue weighted by molar-refractivity contribution is 0.0931. The van der Waals surface area contributed by atoms with Gasteiger partial charge in [-0.2, -0.15) is 0 Å². The van der Waals surface area contributed by atoms with E-state index < -0.39 is 0 Å². The molecule has 0 spiro atoms. The van der Waals surface area contributed by atoms with E-state index in [1.54, 1.807) is 0 Å². The van der Waals surface area contributed by atoms with Gasteiger partial charge in [0.05, 0.1) is 18.3 Å². The molecule has 1 fully saturated rings. The highest BCUT2D eigenvalue weighted by Gasteiger charge is 2.25. The van der Waals surface area contributed by atoms with Crippen molar-refractivity contribution in [1.82, 2.24) is 19.6 Å². The first-order chi connectivity index (χ1) is 14.2. The number of ether oxygens (including phenoxy) is 1. The molecular formula is C23H28N4O2. The van der Waals surface area contributed by atoms with Gasteiger partial charge in [-0.1, -0.05) is 30.3 Å². The molecule has 152 valence electrons. The summed E-state index contributed by atoms with van der Waals surface area (Å²) in [5.74, 6) is 0.583. The van der Waals surface area contributed by atoms with Crippen LogP contribution in [0.4, 0.5) is 0 Å². The van der Waals surface area contributed by atoms with Gasteiger partial charge in [-0.05, 0) is 57.5 Å². The van der Waals surface area contributed by atoms with E-state index in [9.17, 15) is 4.79 Å². The third-order valence-electron chi connectivity index (χ3n) is 5.53. The number of aromatic nitrogens is 2. The first kappa shape index (κ1) is 19.5. The number of hydrogen-bond donors (Lipinski definition) is 1. The normalized spacial score (nSPS) is 15.5. The summed E-state index contributed by atoms with van der Waals surface area (Å²) in [7, 11) is 0. The van der Waals surface area contributed by atoms with Gasteiger partial charge in [0, 0.05) is 12.7 Å². The Bertz CT molecular complexity index is 977. The van der Waals surface area contributed by atoms with Gasteiger partial charge >= 0.3 is 0 Å². The van der Waals surface area contributed by atoms with E-state index in [1.807, 2.05) is 42.6 Å². The molecule has 3 heterocycles. The van der Waals surface area contributed by atoms with E-state index in [4.69, 9.17) is 4.74 Å². The van der Waals surface area contributed by atoms with Gasteiger partial charge in [0.1, 0.15) is 5.69 Å². The van der Waals surface area contributed by atoms with E-state index in [2.05, 4.69) is 39.5 Å². The zero-order valence-corrected chi connectivity index (χ0v) is 17.1. The monoisotopic (exact) mass is 392 g/mol. The average Bonchev–Trinajstić information content (AvgIpc) is 3.37. The summed E-state index contributed by atoms with van der Waals surface area (Å²) in [6.07, 6.45) is 4.29. The van der Waals surface area contributed by atoms with Crippen molar-refractivity contribution in [2.24, 2.45) is 0 Å². The maximum Gasteiger partial charge on any atom is 0.270 e. The highest BCUT2D eigenvalue weighted by molar-refractivity contribution is 5.95. The second-order valence-electron chi connectivity index (χ2n) is 7.42. The number of amides is 1. The number of carbonyl (C=O) groups excluding carboxylic acids is 1. The number of pyridine rings is 1. The molecule has 1 N–H and O–H groups in total. The van der Waals surface area contributed by atoms with Crippen molar-refractivity contribution in [3.8, 4) is 5.75 Å². The lowest BCUT2D eigenvalue weighted by atomic mass is 10.1. The maximum atomic E-state index is 13.1. The van der Waals surface area contributed by atoms with Crippen LogP contribution in [0.1, 0.15) is 47.6 Å². The second-order valence-corrected chi connectivity index (χ2v) is 7.42. The fraction of sp³-hybridized carbons (Fsp3) is 0.391. The van der Waals surface area contributed by atoms with Crippen molar-refractivity contribution in [2.75, 3.05) is 26.2 Å². The molecule has 3 aromatic rings. The fourth-order valence-electron chi connectivity index (χ4n) is 4.16. The van der Waals surface area contributed by atoms with Gasteiger partial charge in [-0.15, -0.1) is 0 Å². The zero-order valence-electron chi connectivity index (χ0n) is 17.1. The van der Waals surface area contributed by atoms with Crippen molar-refractivity contribution >= 4 is 11.6 Å². The molecule has 1 saturated heterocycles. The van der Waals surface area contributed by atoms with Crippen LogP contribution in [0.2, 0.25) is 0 Å². The Morgan fingerprint density at radius 1 is 1.17 bits per heavy atom. The Labute approximate surface area is 171 Å². The van der Waals surface area contributed by atoms with E-state index >= 15 is 0 Å². The average molecular weight is 393 g/mol. The van der Waals surface area contributed by atoms with Gasteiger partial charge in [0.15, 0.2) is 11.4 Å². The van der Waals surface area contributed by atoms with Crippen LogP contribution in [-0.2, 0) is 0 Å². The summed E-state index contributed by atoms with van der Waals surface area (Å²) in [5.41, 5.74) is 3.18. The summed E-state index contributed by atoms with van der Waals surface area (Å²) in [5, 5.41) is 3.16. The van der Waals surface area contributed by atoms with Crippen LogP contribution in [-0.4, -0.2) is 46.4 Å². The third kappa shape index (κ3) is 3.98. The number of nitrogens with zero attached hydrogens (tertiary/aromatic N) is 3. The standard InChI is InChI=1S/C23H28N4O2/c1-3-29-20-12-9-15-27-21(17(2)25-22(20)27)23(28)24-16-19(26-13-7-8-14-26)18-10-5-4-6-11-18/h4-6,9-12,15,19H,3,7-8,13-14,16H2,1-2H3,(H,24,28). The van der Waals surface area contributed by atoms with Crippen LogP contribution >= 0.6 is 0 Å². The number of hydrogen-bond acceptors (Lipinski definition) is 4. The van der Waals surface area contributed by atoms with Crippen LogP contribution < -0.4 is 10.1 Å². The molecular weight excluding hydrogens is 364 g/mol. The fourth-order valence-corrected chi connectivity index (χ4v) is 4.16. The number of imidazole rings is 1. The Morgan fingerprint density at radius 2 is 1.93 bits per heavy atom. The number of nitrogens with one attached hydrogen (secondary N) is 1. The Balaban J connectivity index is 1.57. The number of rotatable bonds is 7. The smallest absolute Gasteiger partial charge is 0.270 e. The molecule has 29 heavy (non-hydrogen) atoms. The molecule has 1 unspecified atom stereocenters. The van der Waals surface area contributed by atoms with Crippen LogP contribution in [0.15, 0.2) is 48.7 Å². The van der Waals surface area contributed by atoms with Crippen molar-refractivity contribution < 1.29 is 9.53 Å². The number of fused-ring (bicyclic) bond motifs is 1. The summed E-state index contributed by atoms with van der Waals surface area (Å²) < 4.78 is 7.49. The van der Waals surface area contributed by atoms with Crippen LogP contribution in [0.5, 0.6) is 5.75 Å². The highest BCUT2D eigenvalue weighted by atomic mass is 16.5. The number of aryl methyl sites for hydroxylation is 1. The largest absolute Gasteiger partial charge is 0.490 e. The van der Waals surface area contributed by atoms with Crippen LogP contribution in [0.25, 0.3) is 5.65 Å². The summed E-state index contributed by atoms with van der Waals surface area (Å²) in [6.45, 7) is 7.08. The van der Waals surface area contributed by atoms with Crippen LogP contribution in [0.3, 0.4) is 0 Å². The molecule has 1 amide bonds. The first-order valence-electron chi connectivity index (χ1n) is 10.4. The number of carbonyl (C=O) groups is 1. The number of likely N-dealkylation sites (tertiary alicyclic amines) is 1. The van der Waals surface area contributed by atoms with Gasteiger partial charge in [-0.25, -0.2) is 4.98 Å². The van der Waals surface area contributed by atoms with Crippen molar-refractivity contribution in [2.45, 2.75) is 32.7 Å². The van der Waals surface area contributed by atoms with Gasteiger partial charge in [0.2, 0.25) is 0 Å². The van der Waals surface area contributed by atoms with Crippen LogP contribution in [0, 0.1) is 6.92 Å². The second kappa shape index (κ2) is 8.66. The maximum absolute atomic E-state index is 13.1. The molecule has 0 aliphatic carbocycles. The Kier molecular flexibility index (Phi) is 5.81. The molecule has 0 bridgehead atoms. The lowest BCUT2D eigenvalue weighted by Crippen LogP contribution is -2.37. The minimum Gasteiger partial charge on any atom is -0.490 e. The number of benzene rings is 1. The molecule has 0 radical (unpaired) electrons. The Morgan fingerprint density at radius 3 is 2.66 bits per heavy atom.